The van der Waals surface area contributed by atoms with Gasteiger partial charge >= 0.3 is 5.97 Å². The van der Waals surface area contributed by atoms with E-state index in [1.54, 1.807) is 0 Å². The molecule has 3 fully saturated rings. The number of aliphatic carboxylic acids is 1. The van der Waals surface area contributed by atoms with Gasteiger partial charge in [0, 0.05) is 11.8 Å². The van der Waals surface area contributed by atoms with Crippen molar-refractivity contribution in [1.29, 1.82) is 0 Å². The SMILES string of the molecule is C[C@]12CCC(=O)C=C1CC[C@H]1CCC2[C@@H](O)C[C@@]2(C)C1CC[C@]2(O)C(=O)O. The van der Waals surface area contributed by atoms with Crippen LogP contribution in [0.3, 0.4) is 0 Å². The summed E-state index contributed by atoms with van der Waals surface area (Å²) in [5.41, 5.74) is -1.60. The number of carbonyl (C=O) groups is 2. The summed E-state index contributed by atoms with van der Waals surface area (Å²) in [5.74, 6) is -0.520. The smallest absolute Gasteiger partial charge is 0.336 e. The van der Waals surface area contributed by atoms with E-state index in [1.165, 1.54) is 5.57 Å². The maximum atomic E-state index is 12.1. The Morgan fingerprint density at radius 2 is 1.81 bits per heavy atom. The lowest BCUT2D eigenvalue weighted by molar-refractivity contribution is -0.181. The second kappa shape index (κ2) is 6.15. The average molecular weight is 376 g/mol. The van der Waals surface area contributed by atoms with Crippen molar-refractivity contribution >= 4 is 11.8 Å². The van der Waals surface area contributed by atoms with Crippen LogP contribution in [0.1, 0.15) is 71.6 Å². The summed E-state index contributed by atoms with van der Waals surface area (Å²) < 4.78 is 0. The quantitative estimate of drug-likeness (QED) is 0.654. The number of rotatable bonds is 1. The standard InChI is InChI=1S/C22H32O5/c1-20-9-7-15(23)11-14(20)5-3-13-4-6-17(20)18(24)12-21(2)16(13)8-10-22(21,27)19(25)26/h11,13,16-18,24,27H,3-10,12H2,1-2H3,(H,25,26)/t13-,16?,17?,18-,20-,21-,22-/m0/s1. The monoisotopic (exact) mass is 376 g/mol. The Morgan fingerprint density at radius 1 is 1.07 bits per heavy atom. The minimum Gasteiger partial charge on any atom is -0.479 e. The number of carbonyl (C=O) groups excluding carboxylic acids is 1. The zero-order chi connectivity index (χ0) is 19.6. The van der Waals surface area contributed by atoms with E-state index in [2.05, 4.69) is 6.92 Å². The van der Waals surface area contributed by atoms with Crippen LogP contribution in [-0.4, -0.2) is 38.8 Å². The number of hydrogen-bond donors (Lipinski definition) is 3. The molecule has 0 aromatic carbocycles. The molecule has 0 heterocycles. The largest absolute Gasteiger partial charge is 0.479 e. The van der Waals surface area contributed by atoms with Crippen LogP contribution < -0.4 is 0 Å². The predicted molar refractivity (Wildman–Crippen MR) is 99.9 cm³/mol. The van der Waals surface area contributed by atoms with Crippen LogP contribution in [-0.2, 0) is 9.59 Å². The van der Waals surface area contributed by atoms with Crippen molar-refractivity contribution in [3.8, 4) is 0 Å². The lowest BCUT2D eigenvalue weighted by Gasteiger charge is -2.53. The van der Waals surface area contributed by atoms with Crippen LogP contribution in [0, 0.1) is 28.6 Å². The number of aliphatic hydroxyl groups is 2. The molecule has 2 bridgehead atoms. The lowest BCUT2D eigenvalue weighted by atomic mass is 9.52. The van der Waals surface area contributed by atoms with E-state index >= 15 is 0 Å². The second-order valence-electron chi connectivity index (χ2n) is 10.0. The molecule has 0 aromatic heterocycles. The van der Waals surface area contributed by atoms with Gasteiger partial charge in [-0.25, -0.2) is 4.79 Å². The Balaban J connectivity index is 1.79. The van der Waals surface area contributed by atoms with Gasteiger partial charge in [-0.3, -0.25) is 4.79 Å². The molecule has 4 aliphatic carbocycles. The molecule has 4 aliphatic rings. The van der Waals surface area contributed by atoms with Crippen LogP contribution in [0.4, 0.5) is 0 Å². The molecule has 150 valence electrons. The molecular formula is C22H32O5. The predicted octanol–water partition coefficient (Wildman–Crippen LogP) is 3.09. The zero-order valence-corrected chi connectivity index (χ0v) is 16.4. The molecule has 0 spiro atoms. The van der Waals surface area contributed by atoms with Crippen LogP contribution in [0.5, 0.6) is 0 Å². The van der Waals surface area contributed by atoms with Crippen molar-refractivity contribution in [2.24, 2.45) is 28.6 Å². The maximum absolute atomic E-state index is 12.1. The van der Waals surface area contributed by atoms with Gasteiger partial charge in [-0.05, 0) is 80.6 Å². The van der Waals surface area contributed by atoms with Gasteiger partial charge < -0.3 is 15.3 Å². The van der Waals surface area contributed by atoms with Gasteiger partial charge in [0.15, 0.2) is 11.4 Å². The highest BCUT2D eigenvalue weighted by Crippen LogP contribution is 2.62. The van der Waals surface area contributed by atoms with Gasteiger partial charge in [0.25, 0.3) is 0 Å². The van der Waals surface area contributed by atoms with Gasteiger partial charge in [0.05, 0.1) is 6.10 Å². The summed E-state index contributed by atoms with van der Waals surface area (Å²) in [4.78, 5) is 24.1. The van der Waals surface area contributed by atoms with Crippen molar-refractivity contribution in [3.63, 3.8) is 0 Å². The van der Waals surface area contributed by atoms with E-state index < -0.39 is 23.1 Å². The third-order valence-corrected chi connectivity index (χ3v) is 9.01. The minimum absolute atomic E-state index is 0.0102. The fraction of sp³-hybridized carbons (Fsp3) is 0.818. The Hall–Kier alpha value is -1.20. The lowest BCUT2D eigenvalue weighted by Crippen LogP contribution is -2.56. The van der Waals surface area contributed by atoms with Gasteiger partial charge in [-0.15, -0.1) is 0 Å². The molecule has 5 nitrogen and oxygen atoms in total. The fourth-order valence-corrected chi connectivity index (χ4v) is 7.25. The molecule has 0 saturated heterocycles. The topological polar surface area (TPSA) is 94.8 Å². The van der Waals surface area contributed by atoms with Crippen LogP contribution in [0.15, 0.2) is 11.6 Å². The first kappa shape index (κ1) is 19.1. The fourth-order valence-electron chi connectivity index (χ4n) is 7.25. The number of aliphatic hydroxyl groups excluding tert-OH is 1. The molecule has 3 N–H and O–H groups in total. The molecule has 3 saturated carbocycles. The van der Waals surface area contributed by atoms with Crippen molar-refractivity contribution in [1.82, 2.24) is 0 Å². The maximum Gasteiger partial charge on any atom is 0.336 e. The van der Waals surface area contributed by atoms with Crippen molar-refractivity contribution in [2.75, 3.05) is 0 Å². The van der Waals surface area contributed by atoms with Gasteiger partial charge in [0.1, 0.15) is 0 Å². The summed E-state index contributed by atoms with van der Waals surface area (Å²) in [6, 6.07) is 0. The van der Waals surface area contributed by atoms with E-state index in [0.717, 1.165) is 32.1 Å². The van der Waals surface area contributed by atoms with E-state index in [0.29, 0.717) is 25.2 Å². The average Bonchev–Trinajstić information content (AvgIpc) is 2.83. The summed E-state index contributed by atoms with van der Waals surface area (Å²) >= 11 is 0. The molecule has 0 radical (unpaired) electrons. The van der Waals surface area contributed by atoms with Crippen LogP contribution in [0.2, 0.25) is 0 Å². The number of fused-ring (bicyclic) bond motifs is 7. The Kier molecular flexibility index (Phi) is 4.36. The van der Waals surface area contributed by atoms with E-state index in [9.17, 15) is 24.9 Å². The van der Waals surface area contributed by atoms with Gasteiger partial charge in [-0.1, -0.05) is 19.4 Å². The zero-order valence-electron chi connectivity index (χ0n) is 16.4. The number of hydrogen-bond acceptors (Lipinski definition) is 4. The molecule has 0 aliphatic heterocycles. The third kappa shape index (κ3) is 2.57. The Bertz CT molecular complexity index is 699. The molecule has 2 unspecified atom stereocenters. The second-order valence-corrected chi connectivity index (χ2v) is 10.0. The van der Waals surface area contributed by atoms with E-state index in [4.69, 9.17) is 0 Å². The molecule has 27 heavy (non-hydrogen) atoms. The Labute approximate surface area is 160 Å². The van der Waals surface area contributed by atoms with Crippen molar-refractivity contribution in [3.05, 3.63) is 11.6 Å². The van der Waals surface area contributed by atoms with Crippen molar-refractivity contribution in [2.45, 2.75) is 83.3 Å². The number of ketones is 1. The minimum atomic E-state index is -1.76. The third-order valence-electron chi connectivity index (χ3n) is 9.01. The molecule has 0 aromatic rings. The molecule has 5 heteroatoms. The van der Waals surface area contributed by atoms with Crippen LogP contribution >= 0.6 is 0 Å². The molecule has 7 atom stereocenters. The van der Waals surface area contributed by atoms with E-state index in [1.807, 2.05) is 13.0 Å². The van der Waals surface area contributed by atoms with E-state index in [-0.39, 0.29) is 29.5 Å². The molecule has 4 rings (SSSR count). The normalized spacial score (nSPS) is 49.9. The number of carboxylic acid groups (broad SMARTS) is 1. The number of carboxylic acids is 1. The molecule has 0 amide bonds. The summed E-state index contributed by atoms with van der Waals surface area (Å²) in [7, 11) is 0. The van der Waals surface area contributed by atoms with Crippen molar-refractivity contribution < 1.29 is 24.9 Å². The summed E-state index contributed by atoms with van der Waals surface area (Å²) in [6.07, 6.45) is 7.36. The van der Waals surface area contributed by atoms with Gasteiger partial charge in [0.2, 0.25) is 0 Å². The highest BCUT2D eigenvalue weighted by Gasteiger charge is 2.64. The summed E-state index contributed by atoms with van der Waals surface area (Å²) in [6.45, 7) is 4.07. The highest BCUT2D eigenvalue weighted by molar-refractivity contribution is 5.91. The number of allylic oxidation sites excluding steroid dienone is 2. The van der Waals surface area contributed by atoms with Crippen LogP contribution in [0.25, 0.3) is 0 Å². The highest BCUT2D eigenvalue weighted by atomic mass is 16.4. The first-order chi connectivity index (χ1) is 12.6. The van der Waals surface area contributed by atoms with Gasteiger partial charge in [-0.2, -0.15) is 0 Å². The molecular weight excluding hydrogens is 344 g/mol. The first-order valence-electron chi connectivity index (χ1n) is 10.5. The first-order valence-corrected chi connectivity index (χ1v) is 10.5. The Morgan fingerprint density at radius 3 is 2.52 bits per heavy atom. The summed E-state index contributed by atoms with van der Waals surface area (Å²) in [5, 5.41) is 32.2.